The van der Waals surface area contributed by atoms with E-state index in [-0.39, 0.29) is 0 Å². The molecule has 0 bridgehead atoms. The Balaban J connectivity index is 2.22. The molecular weight excluding hydrogens is 326 g/mol. The first-order chi connectivity index (χ1) is 10.1. The number of nitrogens with zero attached hydrogens (tertiary/aromatic N) is 2. The number of halogens is 1. The maximum Gasteiger partial charge on any atom is 0.162 e. The van der Waals surface area contributed by atoms with Gasteiger partial charge in [0.15, 0.2) is 5.82 Å². The molecular formula is C17H16BrN3. The molecule has 0 atom stereocenters. The lowest BCUT2D eigenvalue weighted by Gasteiger charge is -2.13. The van der Waals surface area contributed by atoms with Gasteiger partial charge in [-0.15, -0.1) is 0 Å². The fourth-order valence-electron chi connectivity index (χ4n) is 2.20. The van der Waals surface area contributed by atoms with Crippen molar-refractivity contribution in [2.75, 3.05) is 5.32 Å². The normalized spacial score (nSPS) is 11.0. The fraction of sp³-hybridized carbons (Fsp3) is 0.176. The van der Waals surface area contributed by atoms with E-state index >= 15 is 0 Å². The van der Waals surface area contributed by atoms with Crippen LogP contribution >= 0.6 is 15.9 Å². The molecule has 0 aliphatic rings. The third-order valence-electron chi connectivity index (χ3n) is 3.12. The molecule has 0 spiro atoms. The van der Waals surface area contributed by atoms with Crippen molar-refractivity contribution in [2.24, 2.45) is 0 Å². The average molecular weight is 342 g/mol. The zero-order valence-corrected chi connectivity index (χ0v) is 13.6. The molecule has 4 heteroatoms. The summed E-state index contributed by atoms with van der Waals surface area (Å²) in [6.07, 6.45) is 0. The van der Waals surface area contributed by atoms with Gasteiger partial charge in [-0.3, -0.25) is 0 Å². The van der Waals surface area contributed by atoms with Crippen LogP contribution in [0.15, 0.2) is 53.0 Å². The van der Waals surface area contributed by atoms with Crippen LogP contribution in [0.2, 0.25) is 0 Å². The van der Waals surface area contributed by atoms with Crippen molar-refractivity contribution in [1.29, 1.82) is 0 Å². The molecule has 3 aromatic rings. The molecule has 0 saturated carbocycles. The highest BCUT2D eigenvalue weighted by molar-refractivity contribution is 9.10. The Bertz CT molecular complexity index is 770. The van der Waals surface area contributed by atoms with Gasteiger partial charge in [0.2, 0.25) is 0 Å². The van der Waals surface area contributed by atoms with Crippen molar-refractivity contribution in [3.63, 3.8) is 0 Å². The number of nitrogens with one attached hydrogen (secondary N) is 1. The predicted molar refractivity (Wildman–Crippen MR) is 91.4 cm³/mol. The van der Waals surface area contributed by atoms with Crippen molar-refractivity contribution in [2.45, 2.75) is 19.9 Å². The highest BCUT2D eigenvalue weighted by atomic mass is 79.9. The number of anilines is 1. The summed E-state index contributed by atoms with van der Waals surface area (Å²) in [6.45, 7) is 4.21. The number of benzene rings is 2. The van der Waals surface area contributed by atoms with Gasteiger partial charge in [0.25, 0.3) is 0 Å². The molecule has 0 aliphatic carbocycles. The van der Waals surface area contributed by atoms with E-state index in [4.69, 9.17) is 4.98 Å². The Hall–Kier alpha value is -1.94. The highest BCUT2D eigenvalue weighted by Crippen LogP contribution is 2.27. The van der Waals surface area contributed by atoms with Gasteiger partial charge in [0, 0.05) is 21.5 Å². The molecule has 2 aromatic carbocycles. The number of aromatic nitrogens is 2. The maximum absolute atomic E-state index is 4.71. The SMILES string of the molecule is CC(C)Nc1nc(-c2ccccc2)nc2ccc(Br)cc12. The Labute approximate surface area is 132 Å². The van der Waals surface area contributed by atoms with Crippen LogP contribution in [-0.2, 0) is 0 Å². The van der Waals surface area contributed by atoms with E-state index in [0.717, 1.165) is 32.6 Å². The lowest BCUT2D eigenvalue weighted by atomic mass is 10.2. The highest BCUT2D eigenvalue weighted by Gasteiger charge is 2.10. The second-order valence-electron chi connectivity index (χ2n) is 5.22. The van der Waals surface area contributed by atoms with E-state index in [1.165, 1.54) is 0 Å². The van der Waals surface area contributed by atoms with Crippen LogP contribution in [0.25, 0.3) is 22.3 Å². The van der Waals surface area contributed by atoms with Crippen molar-refractivity contribution in [3.05, 3.63) is 53.0 Å². The predicted octanol–water partition coefficient (Wildman–Crippen LogP) is 4.88. The molecule has 3 nitrogen and oxygen atoms in total. The van der Waals surface area contributed by atoms with E-state index in [1.807, 2.05) is 42.5 Å². The van der Waals surface area contributed by atoms with Crippen molar-refractivity contribution in [3.8, 4) is 11.4 Å². The van der Waals surface area contributed by atoms with Gasteiger partial charge in [-0.05, 0) is 32.0 Å². The van der Waals surface area contributed by atoms with Crippen molar-refractivity contribution < 1.29 is 0 Å². The van der Waals surface area contributed by atoms with Crippen LogP contribution < -0.4 is 5.32 Å². The average Bonchev–Trinajstić information content (AvgIpc) is 2.48. The Morgan fingerprint density at radius 1 is 1.00 bits per heavy atom. The van der Waals surface area contributed by atoms with Gasteiger partial charge in [0.1, 0.15) is 5.82 Å². The number of rotatable bonds is 3. The summed E-state index contributed by atoms with van der Waals surface area (Å²) in [7, 11) is 0. The summed E-state index contributed by atoms with van der Waals surface area (Å²) in [5.74, 6) is 1.61. The van der Waals surface area contributed by atoms with E-state index < -0.39 is 0 Å². The molecule has 0 fully saturated rings. The van der Waals surface area contributed by atoms with Crippen LogP contribution in [0.4, 0.5) is 5.82 Å². The number of hydrogen-bond donors (Lipinski definition) is 1. The zero-order valence-electron chi connectivity index (χ0n) is 12.0. The second-order valence-corrected chi connectivity index (χ2v) is 6.14. The smallest absolute Gasteiger partial charge is 0.162 e. The minimum atomic E-state index is 0.311. The third-order valence-corrected chi connectivity index (χ3v) is 3.61. The summed E-state index contributed by atoms with van der Waals surface area (Å²) in [5.41, 5.74) is 1.96. The minimum absolute atomic E-state index is 0.311. The van der Waals surface area contributed by atoms with Gasteiger partial charge < -0.3 is 5.32 Å². The molecule has 3 rings (SSSR count). The maximum atomic E-state index is 4.71. The molecule has 0 saturated heterocycles. The second kappa shape index (κ2) is 5.82. The van der Waals surface area contributed by atoms with E-state index in [2.05, 4.69) is 46.1 Å². The minimum Gasteiger partial charge on any atom is -0.367 e. The summed E-state index contributed by atoms with van der Waals surface area (Å²) in [6, 6.07) is 16.4. The van der Waals surface area contributed by atoms with Crippen LogP contribution in [0.1, 0.15) is 13.8 Å². The van der Waals surface area contributed by atoms with Gasteiger partial charge >= 0.3 is 0 Å². The lowest BCUT2D eigenvalue weighted by molar-refractivity contribution is 0.891. The molecule has 1 N–H and O–H groups in total. The van der Waals surface area contributed by atoms with Gasteiger partial charge in [0.05, 0.1) is 5.52 Å². The molecule has 106 valence electrons. The summed E-state index contributed by atoms with van der Waals surface area (Å²) < 4.78 is 1.03. The summed E-state index contributed by atoms with van der Waals surface area (Å²) >= 11 is 3.51. The van der Waals surface area contributed by atoms with E-state index in [9.17, 15) is 0 Å². The summed E-state index contributed by atoms with van der Waals surface area (Å²) in [4.78, 5) is 9.39. The third kappa shape index (κ3) is 3.05. The molecule has 21 heavy (non-hydrogen) atoms. The quantitative estimate of drug-likeness (QED) is 0.737. The van der Waals surface area contributed by atoms with Gasteiger partial charge in [-0.25, -0.2) is 9.97 Å². The number of hydrogen-bond acceptors (Lipinski definition) is 3. The van der Waals surface area contributed by atoms with Crippen LogP contribution in [-0.4, -0.2) is 16.0 Å². The largest absolute Gasteiger partial charge is 0.367 e. The molecule has 0 amide bonds. The summed E-state index contributed by atoms with van der Waals surface area (Å²) in [5, 5.41) is 4.44. The molecule has 0 radical (unpaired) electrons. The lowest BCUT2D eigenvalue weighted by Crippen LogP contribution is -2.12. The van der Waals surface area contributed by atoms with E-state index in [0.29, 0.717) is 6.04 Å². The first-order valence-electron chi connectivity index (χ1n) is 6.93. The van der Waals surface area contributed by atoms with Gasteiger partial charge in [-0.2, -0.15) is 0 Å². The van der Waals surface area contributed by atoms with Gasteiger partial charge in [-0.1, -0.05) is 46.3 Å². The standard InChI is InChI=1S/C17H16BrN3/c1-11(2)19-17-14-10-13(18)8-9-15(14)20-16(21-17)12-6-4-3-5-7-12/h3-11H,1-2H3,(H,19,20,21). The Kier molecular flexibility index (Phi) is 3.88. The van der Waals surface area contributed by atoms with Crippen LogP contribution in [0, 0.1) is 0 Å². The molecule has 1 aromatic heterocycles. The van der Waals surface area contributed by atoms with Crippen molar-refractivity contribution >= 4 is 32.7 Å². The molecule has 0 aliphatic heterocycles. The molecule has 1 heterocycles. The van der Waals surface area contributed by atoms with Crippen molar-refractivity contribution in [1.82, 2.24) is 9.97 Å². The molecule has 0 unspecified atom stereocenters. The zero-order chi connectivity index (χ0) is 14.8. The van der Waals surface area contributed by atoms with E-state index in [1.54, 1.807) is 0 Å². The first kappa shape index (κ1) is 14.0. The van der Waals surface area contributed by atoms with Crippen LogP contribution in [0.5, 0.6) is 0 Å². The first-order valence-corrected chi connectivity index (χ1v) is 7.72. The fourth-order valence-corrected chi connectivity index (χ4v) is 2.56. The number of fused-ring (bicyclic) bond motifs is 1. The Morgan fingerprint density at radius 2 is 1.76 bits per heavy atom. The topological polar surface area (TPSA) is 37.8 Å². The van der Waals surface area contributed by atoms with Crippen LogP contribution in [0.3, 0.4) is 0 Å². The Morgan fingerprint density at radius 3 is 2.48 bits per heavy atom. The monoisotopic (exact) mass is 341 g/mol.